The molecule has 0 spiro atoms. The van der Waals surface area contributed by atoms with Gasteiger partial charge in [0.05, 0.1) is 0 Å². The maximum Gasteiger partial charge on any atom is 0.173 e. The zero-order chi connectivity index (χ0) is 15.1. The van der Waals surface area contributed by atoms with Crippen molar-refractivity contribution in [2.45, 2.75) is 71.8 Å². The Labute approximate surface area is 135 Å². The molecule has 5 rings (SSSR count). The van der Waals surface area contributed by atoms with Crippen LogP contribution in [0.25, 0.3) is 0 Å². The van der Waals surface area contributed by atoms with Crippen molar-refractivity contribution >= 4 is 0 Å². The molecule has 7 atom stereocenters. The Hall–Kier alpha value is -0.720. The number of epoxide rings is 1. The van der Waals surface area contributed by atoms with E-state index in [0.717, 1.165) is 23.7 Å². The summed E-state index contributed by atoms with van der Waals surface area (Å²) < 4.78 is 5.74. The van der Waals surface area contributed by atoms with Crippen molar-refractivity contribution in [3.8, 4) is 0 Å². The molecule has 0 aromatic heterocycles. The molecule has 1 saturated heterocycles. The minimum atomic E-state index is 0.316. The number of hydrogen-bond donors (Lipinski definition) is 0. The molecule has 1 heteroatoms. The van der Waals surface area contributed by atoms with Crippen LogP contribution in [-0.2, 0) is 4.74 Å². The summed E-state index contributed by atoms with van der Waals surface area (Å²) in [7, 11) is 0. The van der Waals surface area contributed by atoms with Gasteiger partial charge in [-0.15, -0.1) is 0 Å². The van der Waals surface area contributed by atoms with Crippen molar-refractivity contribution in [3.63, 3.8) is 0 Å². The zero-order valence-electron chi connectivity index (χ0n) is 14.4. The molecule has 0 amide bonds. The number of allylic oxidation sites excluding steroid dienone is 2. The van der Waals surface area contributed by atoms with Crippen molar-refractivity contribution in [2.24, 2.45) is 34.5 Å². The summed E-state index contributed by atoms with van der Waals surface area (Å²) in [4.78, 5) is 0. The van der Waals surface area contributed by atoms with Gasteiger partial charge in [-0.2, -0.15) is 0 Å². The van der Waals surface area contributed by atoms with Crippen LogP contribution in [0.5, 0.6) is 0 Å². The van der Waals surface area contributed by atoms with Crippen LogP contribution >= 0.6 is 0 Å². The molecule has 4 aliphatic carbocycles. The quantitative estimate of drug-likeness (QED) is 0.461. The first-order valence-electron chi connectivity index (χ1n) is 9.67. The van der Waals surface area contributed by atoms with E-state index in [9.17, 15) is 0 Å². The number of hydrogen-bond acceptors (Lipinski definition) is 1. The van der Waals surface area contributed by atoms with Gasteiger partial charge < -0.3 is 4.74 Å². The second kappa shape index (κ2) is 4.22. The van der Waals surface area contributed by atoms with Crippen LogP contribution in [-0.4, -0.2) is 6.10 Å². The van der Waals surface area contributed by atoms with Gasteiger partial charge in [-0.1, -0.05) is 32.8 Å². The highest BCUT2D eigenvalue weighted by molar-refractivity contribution is 5.41. The summed E-state index contributed by atoms with van der Waals surface area (Å²) in [5, 5.41) is 0. The van der Waals surface area contributed by atoms with E-state index in [0.29, 0.717) is 16.9 Å². The van der Waals surface area contributed by atoms with Crippen molar-refractivity contribution in [2.75, 3.05) is 0 Å². The van der Waals surface area contributed by atoms with Gasteiger partial charge in [0.1, 0.15) is 5.76 Å². The first-order valence-corrected chi connectivity index (χ1v) is 9.67. The van der Waals surface area contributed by atoms with E-state index in [-0.39, 0.29) is 0 Å². The van der Waals surface area contributed by atoms with E-state index >= 15 is 0 Å². The Morgan fingerprint density at radius 2 is 2.00 bits per heavy atom. The molecule has 0 aromatic carbocycles. The fourth-order valence-electron chi connectivity index (χ4n) is 7.33. The average molecular weight is 298 g/mol. The van der Waals surface area contributed by atoms with Crippen LogP contribution in [0.1, 0.15) is 65.7 Å². The summed E-state index contributed by atoms with van der Waals surface area (Å²) >= 11 is 0. The van der Waals surface area contributed by atoms with Crippen LogP contribution in [0.4, 0.5) is 0 Å². The normalized spacial score (nSPS) is 55.0. The van der Waals surface area contributed by atoms with E-state index in [1.165, 1.54) is 50.7 Å². The lowest BCUT2D eigenvalue weighted by atomic mass is 9.48. The Balaban J connectivity index is 1.51. The fraction of sp³-hybridized carbons (Fsp3) is 0.810. The lowest BCUT2D eigenvalue weighted by Crippen LogP contribution is -2.49. The van der Waals surface area contributed by atoms with Crippen LogP contribution in [0.2, 0.25) is 0 Å². The summed E-state index contributed by atoms with van der Waals surface area (Å²) in [5.41, 5.74) is 2.67. The summed E-state index contributed by atoms with van der Waals surface area (Å²) in [6, 6.07) is 0. The smallest absolute Gasteiger partial charge is 0.173 e. The lowest BCUT2D eigenvalue weighted by molar-refractivity contribution is -0.0341. The molecule has 120 valence electrons. The number of fused-ring (bicyclic) bond motifs is 6. The van der Waals surface area contributed by atoms with Crippen molar-refractivity contribution in [3.05, 3.63) is 23.5 Å². The maximum atomic E-state index is 5.74. The van der Waals surface area contributed by atoms with Crippen LogP contribution in [0.3, 0.4) is 0 Å². The Bertz CT molecular complexity index is 572. The van der Waals surface area contributed by atoms with Gasteiger partial charge in [-0.25, -0.2) is 0 Å². The minimum absolute atomic E-state index is 0.316. The Morgan fingerprint density at radius 1 is 1.14 bits per heavy atom. The molecule has 0 radical (unpaired) electrons. The van der Waals surface area contributed by atoms with Crippen LogP contribution in [0.15, 0.2) is 23.5 Å². The lowest BCUT2D eigenvalue weighted by Gasteiger charge is -2.56. The second-order valence-electron chi connectivity index (χ2n) is 9.20. The third kappa shape index (κ3) is 1.56. The predicted octanol–water partition coefficient (Wildman–Crippen LogP) is 5.48. The molecule has 22 heavy (non-hydrogen) atoms. The van der Waals surface area contributed by atoms with E-state index in [4.69, 9.17) is 4.74 Å². The monoisotopic (exact) mass is 298 g/mol. The summed E-state index contributed by atoms with van der Waals surface area (Å²) in [6.07, 6.45) is 15.4. The van der Waals surface area contributed by atoms with Gasteiger partial charge in [0.25, 0.3) is 0 Å². The van der Waals surface area contributed by atoms with Gasteiger partial charge >= 0.3 is 0 Å². The topological polar surface area (TPSA) is 12.5 Å². The minimum Gasteiger partial charge on any atom is -0.479 e. The first kappa shape index (κ1) is 13.7. The average Bonchev–Trinajstić information content (AvgIpc) is 3.14. The summed E-state index contributed by atoms with van der Waals surface area (Å²) in [6.45, 7) is 7.58. The molecule has 1 unspecified atom stereocenters. The third-order valence-electron chi connectivity index (χ3n) is 8.62. The number of ether oxygens (including phenoxy) is 1. The van der Waals surface area contributed by atoms with Gasteiger partial charge in [0.2, 0.25) is 0 Å². The van der Waals surface area contributed by atoms with Crippen LogP contribution < -0.4 is 0 Å². The highest BCUT2D eigenvalue weighted by Crippen LogP contribution is 2.67. The van der Waals surface area contributed by atoms with E-state index < -0.39 is 0 Å². The molecule has 1 heterocycles. The highest BCUT2D eigenvalue weighted by atomic mass is 16.6. The molecule has 5 aliphatic rings. The predicted molar refractivity (Wildman–Crippen MR) is 89.2 cm³/mol. The van der Waals surface area contributed by atoms with Crippen molar-refractivity contribution < 1.29 is 4.74 Å². The molecule has 0 bridgehead atoms. The molecule has 0 N–H and O–H groups in total. The van der Waals surface area contributed by atoms with Crippen LogP contribution in [0, 0.1) is 34.5 Å². The van der Waals surface area contributed by atoms with Gasteiger partial charge in [0, 0.05) is 5.41 Å². The molecular formula is C21H30O. The van der Waals surface area contributed by atoms with E-state index in [1.807, 2.05) is 0 Å². The maximum absolute atomic E-state index is 5.74. The van der Waals surface area contributed by atoms with E-state index in [1.54, 1.807) is 5.57 Å². The molecular weight excluding hydrogens is 268 g/mol. The van der Waals surface area contributed by atoms with Gasteiger partial charge in [-0.05, 0) is 79.8 Å². The molecule has 0 aromatic rings. The zero-order valence-corrected chi connectivity index (χ0v) is 14.4. The SMILES string of the molecule is CC[C@H]1CC[C@H]2[C@@H]3CCC4=CC5OC5=C[C@]4(C)[C@H]3CC[C@]12C. The third-order valence-corrected chi connectivity index (χ3v) is 8.62. The molecule has 4 fully saturated rings. The Kier molecular flexibility index (Phi) is 2.63. The number of rotatable bonds is 1. The van der Waals surface area contributed by atoms with Crippen molar-refractivity contribution in [1.29, 1.82) is 0 Å². The first-order chi connectivity index (χ1) is 10.6. The second-order valence-corrected chi connectivity index (χ2v) is 9.20. The van der Waals surface area contributed by atoms with Gasteiger partial charge in [-0.3, -0.25) is 0 Å². The van der Waals surface area contributed by atoms with Gasteiger partial charge in [0.15, 0.2) is 6.10 Å². The largest absolute Gasteiger partial charge is 0.479 e. The highest BCUT2D eigenvalue weighted by Gasteiger charge is 2.59. The van der Waals surface area contributed by atoms with Crippen molar-refractivity contribution in [1.82, 2.24) is 0 Å². The van der Waals surface area contributed by atoms with E-state index in [2.05, 4.69) is 32.9 Å². The molecule has 1 nitrogen and oxygen atoms in total. The molecule has 3 saturated carbocycles. The summed E-state index contributed by atoms with van der Waals surface area (Å²) in [5.74, 6) is 5.09. The Morgan fingerprint density at radius 3 is 2.82 bits per heavy atom. The molecule has 1 aliphatic heterocycles. The standard InChI is InChI=1S/C21H30O/c1-4-13-6-8-16-15-7-5-14-11-18-19(22-18)12-21(14,3)17(15)9-10-20(13,16)2/h11-13,15-18H,4-10H2,1-3H3/t13-,15-,16-,17-,18?,20+,21-/m0/s1. The fourth-order valence-corrected chi connectivity index (χ4v) is 7.33.